The Morgan fingerprint density at radius 1 is 1.16 bits per heavy atom. The van der Waals surface area contributed by atoms with Gasteiger partial charge in [0.15, 0.2) is 11.5 Å². The van der Waals surface area contributed by atoms with E-state index in [0.717, 1.165) is 23.4 Å². The molecule has 1 unspecified atom stereocenters. The van der Waals surface area contributed by atoms with Crippen molar-refractivity contribution in [2.45, 2.75) is 50.1 Å². The molecule has 1 N–H and O–H groups in total. The summed E-state index contributed by atoms with van der Waals surface area (Å²) in [7, 11) is 0. The lowest BCUT2D eigenvalue weighted by Gasteiger charge is -2.12. The Morgan fingerprint density at radius 2 is 1.94 bits per heavy atom. The van der Waals surface area contributed by atoms with Gasteiger partial charge in [0, 0.05) is 6.54 Å². The Balaban J connectivity index is 1.35. The average molecular weight is 440 g/mol. The van der Waals surface area contributed by atoms with Crippen LogP contribution in [-0.2, 0) is 17.8 Å². The lowest BCUT2D eigenvalue weighted by Crippen LogP contribution is -2.30. The first kappa shape index (κ1) is 21.2. The number of carbonyl (C=O) groups excluding carboxylic acids is 1. The summed E-state index contributed by atoms with van der Waals surface area (Å²) in [6.07, 6.45) is 3.41. The number of rotatable bonds is 9. The van der Waals surface area contributed by atoms with E-state index >= 15 is 0 Å². The van der Waals surface area contributed by atoms with E-state index in [0.29, 0.717) is 17.5 Å². The maximum absolute atomic E-state index is 12.6. The van der Waals surface area contributed by atoms with Crippen LogP contribution in [0.3, 0.4) is 0 Å². The molecule has 9 heteroatoms. The molecule has 1 aromatic heterocycles. The smallest absolute Gasteiger partial charge is 0.233 e. The molecule has 8 nitrogen and oxygen atoms in total. The van der Waals surface area contributed by atoms with Gasteiger partial charge in [0.05, 0.1) is 10.9 Å². The first-order chi connectivity index (χ1) is 15.1. The van der Waals surface area contributed by atoms with Crippen LogP contribution in [-0.4, -0.2) is 38.2 Å². The van der Waals surface area contributed by atoms with Crippen LogP contribution in [0.1, 0.15) is 37.8 Å². The second-order valence-electron chi connectivity index (χ2n) is 7.31. The van der Waals surface area contributed by atoms with Gasteiger partial charge >= 0.3 is 0 Å². The van der Waals surface area contributed by atoms with Crippen molar-refractivity contribution in [3.63, 3.8) is 0 Å². The van der Waals surface area contributed by atoms with E-state index < -0.39 is 0 Å². The number of unbranched alkanes of at least 4 members (excludes halogenated alkanes) is 1. The van der Waals surface area contributed by atoms with Crippen LogP contribution in [0.25, 0.3) is 5.69 Å². The second-order valence-corrected chi connectivity index (χ2v) is 8.62. The van der Waals surface area contributed by atoms with Crippen LogP contribution in [0.15, 0.2) is 47.6 Å². The highest BCUT2D eigenvalue weighted by molar-refractivity contribution is 8.00. The molecule has 0 radical (unpaired) electrons. The van der Waals surface area contributed by atoms with Gasteiger partial charge in [-0.25, -0.2) is 0 Å². The number of nitrogens with one attached hydrogen (secondary N) is 1. The number of tetrazole rings is 1. The van der Waals surface area contributed by atoms with Gasteiger partial charge in [-0.2, -0.15) is 4.68 Å². The van der Waals surface area contributed by atoms with E-state index in [1.54, 1.807) is 4.68 Å². The zero-order valence-electron chi connectivity index (χ0n) is 17.6. The predicted molar refractivity (Wildman–Crippen MR) is 117 cm³/mol. The van der Waals surface area contributed by atoms with Gasteiger partial charge < -0.3 is 14.8 Å². The van der Waals surface area contributed by atoms with Crippen molar-refractivity contribution in [2.75, 3.05) is 6.79 Å². The number of hydrogen-bond donors (Lipinski definition) is 1. The molecule has 3 aromatic rings. The summed E-state index contributed by atoms with van der Waals surface area (Å²) in [5, 5.41) is 15.2. The summed E-state index contributed by atoms with van der Waals surface area (Å²) >= 11 is 1.32. The Labute approximate surface area is 185 Å². The number of amides is 1. The largest absolute Gasteiger partial charge is 0.454 e. The molecule has 1 amide bonds. The zero-order chi connectivity index (χ0) is 21.6. The molecular weight excluding hydrogens is 414 g/mol. The van der Waals surface area contributed by atoms with Crippen LogP contribution in [0, 0.1) is 0 Å². The van der Waals surface area contributed by atoms with E-state index in [9.17, 15) is 4.79 Å². The van der Waals surface area contributed by atoms with Gasteiger partial charge in [-0.05, 0) is 65.6 Å². The van der Waals surface area contributed by atoms with Crippen LogP contribution in [0.4, 0.5) is 0 Å². The average Bonchev–Trinajstić information content (AvgIpc) is 3.45. The first-order valence-electron chi connectivity index (χ1n) is 10.3. The normalized spacial score (nSPS) is 13.2. The fourth-order valence-electron chi connectivity index (χ4n) is 3.19. The minimum atomic E-state index is -0.359. The molecule has 1 aliphatic heterocycles. The van der Waals surface area contributed by atoms with Gasteiger partial charge in [0.2, 0.25) is 17.9 Å². The van der Waals surface area contributed by atoms with Crippen molar-refractivity contribution >= 4 is 17.7 Å². The summed E-state index contributed by atoms with van der Waals surface area (Å²) in [6.45, 7) is 4.66. The monoisotopic (exact) mass is 439 g/mol. The maximum atomic E-state index is 12.6. The maximum Gasteiger partial charge on any atom is 0.233 e. The molecule has 1 atom stereocenters. The van der Waals surface area contributed by atoms with Gasteiger partial charge in [-0.15, -0.1) is 5.10 Å². The van der Waals surface area contributed by atoms with Crippen molar-refractivity contribution in [2.24, 2.45) is 0 Å². The highest BCUT2D eigenvalue weighted by Gasteiger charge is 2.20. The van der Waals surface area contributed by atoms with Crippen molar-refractivity contribution < 1.29 is 14.3 Å². The van der Waals surface area contributed by atoms with Crippen molar-refractivity contribution in [3.8, 4) is 17.2 Å². The second kappa shape index (κ2) is 9.82. The van der Waals surface area contributed by atoms with Gasteiger partial charge in [-0.3, -0.25) is 4.79 Å². The Hall–Kier alpha value is -3.07. The Bertz CT molecular complexity index is 1040. The number of ether oxygens (including phenoxy) is 2. The number of benzene rings is 2. The molecule has 162 valence electrons. The van der Waals surface area contributed by atoms with Crippen LogP contribution >= 0.6 is 11.8 Å². The van der Waals surface area contributed by atoms with E-state index in [-0.39, 0.29) is 18.0 Å². The third-order valence-electron chi connectivity index (χ3n) is 5.00. The number of fused-ring (bicyclic) bond motifs is 1. The lowest BCUT2D eigenvalue weighted by atomic mass is 10.1. The Morgan fingerprint density at radius 3 is 2.74 bits per heavy atom. The highest BCUT2D eigenvalue weighted by atomic mass is 32.2. The summed E-state index contributed by atoms with van der Waals surface area (Å²) in [4.78, 5) is 12.6. The molecule has 31 heavy (non-hydrogen) atoms. The summed E-state index contributed by atoms with van der Waals surface area (Å²) < 4.78 is 12.4. The van der Waals surface area contributed by atoms with Crippen LogP contribution in [0.5, 0.6) is 11.5 Å². The highest BCUT2D eigenvalue weighted by Crippen LogP contribution is 2.32. The fraction of sp³-hybridized carbons (Fsp3) is 0.364. The topological polar surface area (TPSA) is 91.2 Å². The molecule has 0 saturated carbocycles. The van der Waals surface area contributed by atoms with E-state index in [1.165, 1.54) is 30.2 Å². The van der Waals surface area contributed by atoms with E-state index in [1.807, 2.05) is 37.3 Å². The number of nitrogens with zero attached hydrogens (tertiary/aromatic N) is 4. The molecule has 0 bridgehead atoms. The number of carbonyl (C=O) groups is 1. The molecule has 1 aliphatic rings. The van der Waals surface area contributed by atoms with E-state index in [4.69, 9.17) is 9.47 Å². The fourth-order valence-corrected chi connectivity index (χ4v) is 4.03. The predicted octanol–water partition coefficient (Wildman–Crippen LogP) is 3.53. The van der Waals surface area contributed by atoms with Gasteiger partial charge in [0.25, 0.3) is 0 Å². The molecule has 0 saturated heterocycles. The summed E-state index contributed by atoms with van der Waals surface area (Å²) in [6, 6.07) is 13.9. The SMILES string of the molecule is CCCCc1ccc(-n2nnnc2SC(C)C(=O)NCc2ccc3c(c2)OCO3)cc1. The van der Waals surface area contributed by atoms with Crippen LogP contribution in [0.2, 0.25) is 0 Å². The summed E-state index contributed by atoms with van der Waals surface area (Å²) in [5.74, 6) is 1.34. The summed E-state index contributed by atoms with van der Waals surface area (Å²) in [5.41, 5.74) is 3.12. The molecule has 0 aliphatic carbocycles. The number of aryl methyl sites for hydroxylation is 1. The molecule has 2 heterocycles. The lowest BCUT2D eigenvalue weighted by molar-refractivity contribution is -0.120. The number of hydrogen-bond acceptors (Lipinski definition) is 7. The standard InChI is InChI=1S/C22H25N5O3S/c1-3-4-5-16-6-9-18(10-7-16)27-22(24-25-26-27)31-15(2)21(28)23-13-17-8-11-19-20(12-17)30-14-29-19/h6-12,15H,3-5,13-14H2,1-2H3,(H,23,28). The molecule has 2 aromatic carbocycles. The van der Waals surface area contributed by atoms with E-state index in [2.05, 4.69) is 39.9 Å². The van der Waals surface area contributed by atoms with Crippen molar-refractivity contribution in [3.05, 3.63) is 53.6 Å². The third kappa shape index (κ3) is 5.16. The minimum Gasteiger partial charge on any atom is -0.454 e. The minimum absolute atomic E-state index is 0.0906. The van der Waals surface area contributed by atoms with Gasteiger partial charge in [0.1, 0.15) is 0 Å². The molecule has 4 rings (SSSR count). The number of aromatic nitrogens is 4. The zero-order valence-corrected chi connectivity index (χ0v) is 18.4. The first-order valence-corrected chi connectivity index (χ1v) is 11.2. The molecular formula is C22H25N5O3S. The molecule has 0 fully saturated rings. The van der Waals surface area contributed by atoms with Crippen molar-refractivity contribution in [1.82, 2.24) is 25.5 Å². The van der Waals surface area contributed by atoms with Gasteiger partial charge in [-0.1, -0.05) is 43.3 Å². The third-order valence-corrected chi connectivity index (χ3v) is 6.03. The van der Waals surface area contributed by atoms with Crippen molar-refractivity contribution in [1.29, 1.82) is 0 Å². The quantitative estimate of drug-likeness (QED) is 0.510. The van der Waals surface area contributed by atoms with Crippen LogP contribution < -0.4 is 14.8 Å². The Kier molecular flexibility index (Phi) is 6.71. The number of thioether (sulfide) groups is 1. The molecule has 0 spiro atoms.